The molecule has 1 atom stereocenters. The van der Waals surface area contributed by atoms with Crippen LogP contribution in [0, 0.1) is 0 Å². The van der Waals surface area contributed by atoms with Crippen molar-refractivity contribution in [1.29, 1.82) is 0 Å². The van der Waals surface area contributed by atoms with Crippen LogP contribution in [0.15, 0.2) is 0 Å². The lowest BCUT2D eigenvalue weighted by molar-refractivity contribution is -0.136. The van der Waals surface area contributed by atoms with E-state index >= 15 is 0 Å². The van der Waals surface area contributed by atoms with Crippen LogP contribution in [0.3, 0.4) is 0 Å². The van der Waals surface area contributed by atoms with Gasteiger partial charge in [0, 0.05) is 12.3 Å². The van der Waals surface area contributed by atoms with Crippen LogP contribution in [0.4, 0.5) is 0 Å². The molecule has 0 spiro atoms. The molecule has 2 N–H and O–H groups in total. The van der Waals surface area contributed by atoms with Crippen molar-refractivity contribution in [2.24, 2.45) is 0 Å². The molecule has 0 aromatic rings. The van der Waals surface area contributed by atoms with Crippen molar-refractivity contribution in [2.75, 3.05) is 12.0 Å². The fraction of sp³-hybridized carbons (Fsp3) is 0.875. The molecule has 84 valence electrons. The molecule has 14 heavy (non-hydrogen) atoms. The van der Waals surface area contributed by atoms with Gasteiger partial charge in [0.15, 0.2) is 0 Å². The summed E-state index contributed by atoms with van der Waals surface area (Å²) in [7, 11) is -3.11. The summed E-state index contributed by atoms with van der Waals surface area (Å²) in [4.78, 5) is 11.2. The maximum Gasteiger partial charge on any atom is 0.251 e. The molecule has 0 heterocycles. The summed E-state index contributed by atoms with van der Waals surface area (Å²) >= 11 is 0. The maximum absolute atomic E-state index is 11.2. The minimum Gasteiger partial charge on any atom is -0.381 e. The first-order valence-corrected chi connectivity index (χ1v) is 6.29. The van der Waals surface area contributed by atoms with E-state index in [0.29, 0.717) is 0 Å². The van der Waals surface area contributed by atoms with Gasteiger partial charge in [-0.2, -0.15) is 0 Å². The van der Waals surface area contributed by atoms with Crippen molar-refractivity contribution in [3.05, 3.63) is 0 Å². The summed E-state index contributed by atoms with van der Waals surface area (Å²) in [5.41, 5.74) is -1.48. The number of hydrogen-bond donors (Lipinski definition) is 2. The van der Waals surface area contributed by atoms with Crippen LogP contribution in [0.1, 0.15) is 20.8 Å². The molecule has 5 nitrogen and oxygen atoms in total. The standard InChI is InChI=1S/C8H17NO4S/c1-6(5-14(4,12)13)9-7(10)8(2,3)11/h6,11H,5H2,1-4H3,(H,9,10). The van der Waals surface area contributed by atoms with Crippen LogP contribution in [0.5, 0.6) is 0 Å². The van der Waals surface area contributed by atoms with Gasteiger partial charge in [0.1, 0.15) is 15.4 Å². The molecule has 1 amide bonds. The lowest BCUT2D eigenvalue weighted by Gasteiger charge is -2.20. The largest absolute Gasteiger partial charge is 0.381 e. The van der Waals surface area contributed by atoms with E-state index in [-0.39, 0.29) is 5.75 Å². The van der Waals surface area contributed by atoms with E-state index in [1.807, 2.05) is 0 Å². The number of sulfone groups is 1. The maximum atomic E-state index is 11.2. The summed E-state index contributed by atoms with van der Waals surface area (Å²) in [5, 5.41) is 11.7. The second-order valence-corrected chi connectivity index (χ2v) is 6.21. The van der Waals surface area contributed by atoms with E-state index in [1.165, 1.54) is 13.8 Å². The normalized spacial score (nSPS) is 14.9. The van der Waals surface area contributed by atoms with Crippen molar-refractivity contribution in [1.82, 2.24) is 5.32 Å². The SMILES string of the molecule is CC(CS(C)(=O)=O)NC(=O)C(C)(C)O. The van der Waals surface area contributed by atoms with E-state index in [1.54, 1.807) is 6.92 Å². The Bertz CT molecular complexity index is 302. The van der Waals surface area contributed by atoms with E-state index < -0.39 is 27.4 Å². The highest BCUT2D eigenvalue weighted by Gasteiger charge is 2.25. The Balaban J connectivity index is 4.22. The highest BCUT2D eigenvalue weighted by molar-refractivity contribution is 7.90. The lowest BCUT2D eigenvalue weighted by Crippen LogP contribution is -2.47. The molecular weight excluding hydrogens is 206 g/mol. The highest BCUT2D eigenvalue weighted by atomic mass is 32.2. The third-order valence-corrected chi connectivity index (χ3v) is 2.59. The van der Waals surface area contributed by atoms with Crippen molar-refractivity contribution < 1.29 is 18.3 Å². The molecular formula is C8H17NO4S. The number of amides is 1. The number of hydrogen-bond acceptors (Lipinski definition) is 4. The van der Waals surface area contributed by atoms with Gasteiger partial charge in [-0.05, 0) is 20.8 Å². The first-order valence-electron chi connectivity index (χ1n) is 4.23. The van der Waals surface area contributed by atoms with Gasteiger partial charge in [0.2, 0.25) is 0 Å². The number of aliphatic hydroxyl groups is 1. The first kappa shape index (κ1) is 13.4. The van der Waals surface area contributed by atoms with Crippen molar-refractivity contribution in [3.63, 3.8) is 0 Å². The Morgan fingerprint density at radius 1 is 1.50 bits per heavy atom. The highest BCUT2D eigenvalue weighted by Crippen LogP contribution is 2.01. The average molecular weight is 223 g/mol. The number of carbonyl (C=O) groups excluding carboxylic acids is 1. The fourth-order valence-electron chi connectivity index (χ4n) is 0.896. The molecule has 6 heteroatoms. The molecule has 0 rings (SSSR count). The molecule has 0 aliphatic heterocycles. The van der Waals surface area contributed by atoms with Crippen LogP contribution >= 0.6 is 0 Å². The van der Waals surface area contributed by atoms with E-state index in [0.717, 1.165) is 6.26 Å². The number of rotatable bonds is 4. The summed E-state index contributed by atoms with van der Waals surface area (Å²) in [5.74, 6) is -0.705. The topological polar surface area (TPSA) is 83.5 Å². The Morgan fingerprint density at radius 3 is 2.21 bits per heavy atom. The predicted octanol–water partition coefficient (Wildman–Crippen LogP) is -0.693. The van der Waals surface area contributed by atoms with Crippen LogP contribution in [-0.2, 0) is 14.6 Å². The van der Waals surface area contributed by atoms with Gasteiger partial charge >= 0.3 is 0 Å². The molecule has 0 aliphatic rings. The van der Waals surface area contributed by atoms with Gasteiger partial charge in [-0.15, -0.1) is 0 Å². The van der Waals surface area contributed by atoms with Crippen molar-refractivity contribution >= 4 is 15.7 Å². The zero-order valence-electron chi connectivity index (χ0n) is 8.86. The molecule has 0 aromatic heterocycles. The van der Waals surface area contributed by atoms with E-state index in [9.17, 15) is 18.3 Å². The minimum absolute atomic E-state index is 0.130. The van der Waals surface area contributed by atoms with E-state index in [2.05, 4.69) is 5.32 Å². The molecule has 0 fully saturated rings. The van der Waals surface area contributed by atoms with Gasteiger partial charge in [0.25, 0.3) is 5.91 Å². The molecule has 0 saturated carbocycles. The smallest absolute Gasteiger partial charge is 0.251 e. The second kappa shape index (κ2) is 4.27. The van der Waals surface area contributed by atoms with Gasteiger partial charge < -0.3 is 10.4 Å². The fourth-order valence-corrected chi connectivity index (χ4v) is 1.89. The number of nitrogens with one attached hydrogen (secondary N) is 1. The van der Waals surface area contributed by atoms with Crippen LogP contribution < -0.4 is 5.32 Å². The van der Waals surface area contributed by atoms with Gasteiger partial charge in [0.05, 0.1) is 5.75 Å². The Labute approximate surface area is 84.4 Å². The second-order valence-electron chi connectivity index (χ2n) is 4.03. The van der Waals surface area contributed by atoms with Crippen LogP contribution in [-0.4, -0.2) is 43.1 Å². The molecule has 0 saturated heterocycles. The molecule has 1 unspecified atom stereocenters. The summed E-state index contributed by atoms with van der Waals surface area (Å²) < 4.78 is 21.7. The third kappa shape index (κ3) is 5.93. The molecule has 0 bridgehead atoms. The van der Waals surface area contributed by atoms with Crippen molar-refractivity contribution in [3.8, 4) is 0 Å². The lowest BCUT2D eigenvalue weighted by atomic mass is 10.1. The summed E-state index contributed by atoms with van der Waals surface area (Å²) in [6.07, 6.45) is 1.10. The quantitative estimate of drug-likeness (QED) is 0.660. The van der Waals surface area contributed by atoms with Crippen molar-refractivity contribution in [2.45, 2.75) is 32.4 Å². The monoisotopic (exact) mass is 223 g/mol. The van der Waals surface area contributed by atoms with Crippen LogP contribution in [0.2, 0.25) is 0 Å². The molecule has 0 aliphatic carbocycles. The summed E-state index contributed by atoms with van der Waals surface area (Å²) in [6, 6.07) is -0.496. The Hall–Kier alpha value is -0.620. The molecule has 0 aromatic carbocycles. The zero-order chi connectivity index (χ0) is 11.6. The Morgan fingerprint density at radius 2 is 1.93 bits per heavy atom. The minimum atomic E-state index is -3.11. The summed E-state index contributed by atoms with van der Waals surface area (Å²) in [6.45, 7) is 4.26. The molecule has 0 radical (unpaired) electrons. The van der Waals surface area contributed by atoms with Gasteiger partial charge in [-0.3, -0.25) is 4.79 Å². The van der Waals surface area contributed by atoms with Gasteiger partial charge in [-0.1, -0.05) is 0 Å². The third-order valence-electron chi connectivity index (χ3n) is 1.49. The Kier molecular flexibility index (Phi) is 4.08. The predicted molar refractivity (Wildman–Crippen MR) is 53.6 cm³/mol. The zero-order valence-corrected chi connectivity index (χ0v) is 9.68. The average Bonchev–Trinajstić information content (AvgIpc) is 1.79. The number of carbonyl (C=O) groups is 1. The van der Waals surface area contributed by atoms with Gasteiger partial charge in [-0.25, -0.2) is 8.42 Å². The van der Waals surface area contributed by atoms with E-state index in [4.69, 9.17) is 0 Å². The van der Waals surface area contributed by atoms with Crippen LogP contribution in [0.25, 0.3) is 0 Å². The first-order chi connectivity index (χ1) is 6.02.